The molecule has 1 aliphatic carbocycles. The van der Waals surface area contributed by atoms with Crippen LogP contribution in [-0.2, 0) is 0 Å². The average molecular weight is 139 g/mol. The molecule has 0 atom stereocenters. The topological polar surface area (TPSA) is 48.8 Å². The number of nitrogens with zero attached hydrogens (tertiary/aromatic N) is 3. The highest BCUT2D eigenvalue weighted by Gasteiger charge is 2.35. The lowest BCUT2D eigenvalue weighted by atomic mass is 10.0. The third kappa shape index (κ3) is 2.28. The summed E-state index contributed by atoms with van der Waals surface area (Å²) >= 11 is 0. The summed E-state index contributed by atoms with van der Waals surface area (Å²) in [5, 5.41) is 3.48. The van der Waals surface area contributed by atoms with Gasteiger partial charge in [0.15, 0.2) is 0 Å². The Morgan fingerprint density at radius 3 is 2.80 bits per heavy atom. The van der Waals surface area contributed by atoms with Gasteiger partial charge in [0.1, 0.15) is 0 Å². The van der Waals surface area contributed by atoms with E-state index >= 15 is 0 Å². The SMILES string of the molecule is CC1(CCCN=[N+]=[N-])CC1. The highest BCUT2D eigenvalue weighted by atomic mass is 15.1. The van der Waals surface area contributed by atoms with Crippen molar-refractivity contribution >= 4 is 0 Å². The summed E-state index contributed by atoms with van der Waals surface area (Å²) < 4.78 is 0. The molecule has 3 heteroatoms. The minimum atomic E-state index is 0.616. The number of hydrogen-bond acceptors (Lipinski definition) is 1. The lowest BCUT2D eigenvalue weighted by molar-refractivity contribution is 0.499. The molecule has 56 valence electrons. The zero-order valence-electron chi connectivity index (χ0n) is 6.38. The van der Waals surface area contributed by atoms with Crippen LogP contribution < -0.4 is 0 Å². The smallest absolute Gasteiger partial charge is 0.0258 e. The maximum absolute atomic E-state index is 7.97. The molecule has 0 unspecified atom stereocenters. The first-order chi connectivity index (χ1) is 4.77. The van der Waals surface area contributed by atoms with Crippen molar-refractivity contribution in [3.63, 3.8) is 0 Å². The van der Waals surface area contributed by atoms with E-state index in [9.17, 15) is 0 Å². The molecule has 0 saturated heterocycles. The van der Waals surface area contributed by atoms with Gasteiger partial charge in [-0.05, 0) is 36.6 Å². The Morgan fingerprint density at radius 2 is 2.30 bits per heavy atom. The van der Waals surface area contributed by atoms with Gasteiger partial charge in [0.25, 0.3) is 0 Å². The summed E-state index contributed by atoms with van der Waals surface area (Å²) in [6.45, 7) is 2.97. The maximum Gasteiger partial charge on any atom is 0.0258 e. The summed E-state index contributed by atoms with van der Waals surface area (Å²) in [5.74, 6) is 0. The van der Waals surface area contributed by atoms with E-state index in [1.165, 1.54) is 19.3 Å². The molecular formula is C7H13N3. The molecular weight excluding hydrogens is 126 g/mol. The lowest BCUT2D eigenvalue weighted by Gasteiger charge is -2.03. The third-order valence-electron chi connectivity index (χ3n) is 2.21. The predicted octanol–water partition coefficient (Wildman–Crippen LogP) is 2.88. The lowest BCUT2D eigenvalue weighted by Crippen LogP contribution is -1.93. The fourth-order valence-corrected chi connectivity index (χ4v) is 1.08. The van der Waals surface area contributed by atoms with E-state index in [2.05, 4.69) is 16.9 Å². The van der Waals surface area contributed by atoms with Crippen molar-refractivity contribution in [3.05, 3.63) is 10.4 Å². The van der Waals surface area contributed by atoms with Crippen LogP contribution in [0.4, 0.5) is 0 Å². The quantitative estimate of drug-likeness (QED) is 0.249. The van der Waals surface area contributed by atoms with Crippen LogP contribution in [0.15, 0.2) is 5.11 Å². The van der Waals surface area contributed by atoms with E-state index in [-0.39, 0.29) is 0 Å². The van der Waals surface area contributed by atoms with Gasteiger partial charge in [0.2, 0.25) is 0 Å². The number of azide groups is 1. The Bertz CT molecular complexity index is 154. The molecule has 0 radical (unpaired) electrons. The third-order valence-corrected chi connectivity index (χ3v) is 2.21. The molecule has 0 amide bonds. The largest absolute Gasteiger partial charge is 0.0940 e. The van der Waals surface area contributed by atoms with E-state index in [0.29, 0.717) is 12.0 Å². The minimum Gasteiger partial charge on any atom is -0.0940 e. The predicted molar refractivity (Wildman–Crippen MR) is 40.6 cm³/mol. The molecule has 0 spiro atoms. The molecule has 1 fully saturated rings. The molecule has 0 aromatic heterocycles. The molecule has 1 saturated carbocycles. The van der Waals surface area contributed by atoms with E-state index in [4.69, 9.17) is 5.53 Å². The van der Waals surface area contributed by atoms with Crippen LogP contribution in [0.2, 0.25) is 0 Å². The van der Waals surface area contributed by atoms with Gasteiger partial charge in [-0.3, -0.25) is 0 Å². The number of hydrogen-bond donors (Lipinski definition) is 0. The molecule has 0 aromatic carbocycles. The molecule has 0 heterocycles. The average Bonchev–Trinajstić information content (AvgIpc) is 2.62. The first-order valence-corrected chi connectivity index (χ1v) is 3.78. The van der Waals surface area contributed by atoms with Crippen LogP contribution >= 0.6 is 0 Å². The van der Waals surface area contributed by atoms with Crippen LogP contribution in [0.25, 0.3) is 10.4 Å². The Balaban J connectivity index is 2.00. The standard InChI is InChI=1S/C7H13N3/c1-7(4-5-7)3-2-6-9-10-8/h2-6H2,1H3. The second kappa shape index (κ2) is 2.93. The van der Waals surface area contributed by atoms with Gasteiger partial charge >= 0.3 is 0 Å². The normalized spacial score (nSPS) is 19.7. The Morgan fingerprint density at radius 1 is 1.60 bits per heavy atom. The molecule has 0 N–H and O–H groups in total. The zero-order valence-corrected chi connectivity index (χ0v) is 6.38. The maximum atomic E-state index is 7.97. The van der Waals surface area contributed by atoms with Crippen molar-refractivity contribution in [1.29, 1.82) is 0 Å². The van der Waals surface area contributed by atoms with Gasteiger partial charge in [0, 0.05) is 11.5 Å². The van der Waals surface area contributed by atoms with Crippen LogP contribution in [0.5, 0.6) is 0 Å². The van der Waals surface area contributed by atoms with E-state index in [1.807, 2.05) is 0 Å². The van der Waals surface area contributed by atoms with Gasteiger partial charge < -0.3 is 0 Å². The van der Waals surface area contributed by atoms with Crippen LogP contribution in [0.3, 0.4) is 0 Å². The van der Waals surface area contributed by atoms with Crippen molar-refractivity contribution in [2.24, 2.45) is 10.5 Å². The Kier molecular flexibility index (Phi) is 2.17. The van der Waals surface area contributed by atoms with Gasteiger partial charge in [-0.1, -0.05) is 12.0 Å². The second-order valence-electron chi connectivity index (χ2n) is 3.37. The Hall–Kier alpha value is -0.690. The molecule has 0 aliphatic heterocycles. The first-order valence-electron chi connectivity index (χ1n) is 3.78. The van der Waals surface area contributed by atoms with E-state index < -0.39 is 0 Å². The highest BCUT2D eigenvalue weighted by molar-refractivity contribution is 4.87. The first kappa shape index (κ1) is 7.42. The highest BCUT2D eigenvalue weighted by Crippen LogP contribution is 2.48. The molecule has 1 rings (SSSR count). The van der Waals surface area contributed by atoms with Crippen LogP contribution in [0.1, 0.15) is 32.6 Å². The summed E-state index contributed by atoms with van der Waals surface area (Å²) in [7, 11) is 0. The van der Waals surface area contributed by atoms with Crippen molar-refractivity contribution in [1.82, 2.24) is 0 Å². The molecule has 3 nitrogen and oxygen atoms in total. The van der Waals surface area contributed by atoms with Gasteiger partial charge in [0.05, 0.1) is 0 Å². The van der Waals surface area contributed by atoms with Crippen LogP contribution in [0, 0.1) is 5.41 Å². The minimum absolute atomic E-state index is 0.616. The molecule has 10 heavy (non-hydrogen) atoms. The fraction of sp³-hybridized carbons (Fsp3) is 1.00. The van der Waals surface area contributed by atoms with E-state index in [1.54, 1.807) is 0 Å². The fourth-order valence-electron chi connectivity index (χ4n) is 1.08. The monoisotopic (exact) mass is 139 g/mol. The summed E-state index contributed by atoms with van der Waals surface area (Å²) in [5.41, 5.74) is 8.59. The summed E-state index contributed by atoms with van der Waals surface area (Å²) in [6.07, 6.45) is 5.01. The van der Waals surface area contributed by atoms with E-state index in [0.717, 1.165) is 6.42 Å². The summed E-state index contributed by atoms with van der Waals surface area (Å²) in [6, 6.07) is 0. The van der Waals surface area contributed by atoms with Gasteiger partial charge in [-0.15, -0.1) is 0 Å². The number of rotatable bonds is 4. The molecule has 0 aromatic rings. The second-order valence-corrected chi connectivity index (χ2v) is 3.37. The Labute approximate surface area is 61.1 Å². The van der Waals surface area contributed by atoms with Gasteiger partial charge in [-0.25, -0.2) is 0 Å². The van der Waals surface area contributed by atoms with Crippen LogP contribution in [-0.4, -0.2) is 6.54 Å². The molecule has 0 bridgehead atoms. The van der Waals surface area contributed by atoms with Crippen molar-refractivity contribution in [2.45, 2.75) is 32.6 Å². The van der Waals surface area contributed by atoms with Crippen molar-refractivity contribution < 1.29 is 0 Å². The summed E-state index contributed by atoms with van der Waals surface area (Å²) in [4.78, 5) is 2.70. The molecule has 1 aliphatic rings. The zero-order chi connectivity index (χ0) is 7.45. The van der Waals surface area contributed by atoms with Crippen molar-refractivity contribution in [3.8, 4) is 0 Å². The van der Waals surface area contributed by atoms with Crippen molar-refractivity contribution in [2.75, 3.05) is 6.54 Å². The van der Waals surface area contributed by atoms with Gasteiger partial charge in [-0.2, -0.15) is 0 Å².